The van der Waals surface area contributed by atoms with Crippen LogP contribution in [0.1, 0.15) is 27.7 Å². The first-order valence-electron chi connectivity index (χ1n) is 4.92. The summed E-state index contributed by atoms with van der Waals surface area (Å²) in [7, 11) is 0. The van der Waals surface area contributed by atoms with Gasteiger partial charge in [-0.3, -0.25) is 4.79 Å². The molecule has 0 aliphatic heterocycles. The third-order valence-electron chi connectivity index (χ3n) is 1.65. The zero-order chi connectivity index (χ0) is 12.0. The Morgan fingerprint density at radius 2 is 1.67 bits per heavy atom. The van der Waals surface area contributed by atoms with E-state index in [1.165, 1.54) is 0 Å². The molecule has 0 amide bonds. The lowest BCUT2D eigenvalue weighted by molar-refractivity contribution is -0.194. The van der Waals surface area contributed by atoms with Gasteiger partial charge in [-0.1, -0.05) is 34.3 Å². The highest BCUT2D eigenvalue weighted by Gasteiger charge is 2.22. The molecule has 0 saturated carbocycles. The van der Waals surface area contributed by atoms with E-state index in [4.69, 9.17) is 9.47 Å². The molecule has 0 aromatic carbocycles. The standard InChI is InChI=1S/C11H18O4/c1-6-9(12)14-11(8(4)5)15-10(13)7(2)3/h6-8,11H,1H2,2-5H3. The summed E-state index contributed by atoms with van der Waals surface area (Å²) < 4.78 is 9.90. The fourth-order valence-electron chi connectivity index (χ4n) is 0.709. The summed E-state index contributed by atoms with van der Waals surface area (Å²) in [5.41, 5.74) is 0. The van der Waals surface area contributed by atoms with Crippen LogP contribution < -0.4 is 0 Å². The molecule has 0 heterocycles. The normalized spacial score (nSPS) is 12.4. The molecule has 0 saturated heterocycles. The van der Waals surface area contributed by atoms with Gasteiger partial charge in [-0.05, 0) is 0 Å². The molecule has 1 unspecified atom stereocenters. The van der Waals surface area contributed by atoms with Gasteiger partial charge in [0.05, 0.1) is 5.92 Å². The average Bonchev–Trinajstić information content (AvgIpc) is 2.15. The second-order valence-electron chi connectivity index (χ2n) is 3.85. The lowest BCUT2D eigenvalue weighted by Crippen LogP contribution is -2.30. The predicted molar refractivity (Wildman–Crippen MR) is 55.8 cm³/mol. The molecule has 0 N–H and O–H groups in total. The van der Waals surface area contributed by atoms with Gasteiger partial charge in [0.1, 0.15) is 0 Å². The first-order chi connectivity index (χ1) is 6.88. The second-order valence-corrected chi connectivity index (χ2v) is 3.85. The number of ether oxygens (including phenoxy) is 2. The summed E-state index contributed by atoms with van der Waals surface area (Å²) in [6.45, 7) is 10.3. The largest absolute Gasteiger partial charge is 0.425 e. The van der Waals surface area contributed by atoms with E-state index in [-0.39, 0.29) is 17.8 Å². The molecule has 0 aliphatic carbocycles. The van der Waals surface area contributed by atoms with Crippen LogP contribution in [-0.4, -0.2) is 18.2 Å². The minimum Gasteiger partial charge on any atom is -0.425 e. The summed E-state index contributed by atoms with van der Waals surface area (Å²) in [5, 5.41) is 0. The molecule has 0 rings (SSSR count). The van der Waals surface area contributed by atoms with Gasteiger partial charge < -0.3 is 9.47 Å². The number of esters is 2. The topological polar surface area (TPSA) is 52.6 Å². The van der Waals surface area contributed by atoms with Crippen LogP contribution >= 0.6 is 0 Å². The van der Waals surface area contributed by atoms with Crippen molar-refractivity contribution in [2.75, 3.05) is 0 Å². The number of hydrogen-bond donors (Lipinski definition) is 0. The van der Waals surface area contributed by atoms with Crippen LogP contribution in [0.5, 0.6) is 0 Å². The Morgan fingerprint density at radius 1 is 1.13 bits per heavy atom. The molecule has 4 nitrogen and oxygen atoms in total. The van der Waals surface area contributed by atoms with Gasteiger partial charge in [-0.15, -0.1) is 0 Å². The molecule has 0 aromatic heterocycles. The Bertz CT molecular complexity index is 243. The van der Waals surface area contributed by atoms with Crippen molar-refractivity contribution in [3.05, 3.63) is 12.7 Å². The molecule has 86 valence electrons. The van der Waals surface area contributed by atoms with Crippen molar-refractivity contribution in [1.82, 2.24) is 0 Å². The fraction of sp³-hybridized carbons (Fsp3) is 0.636. The minimum atomic E-state index is -0.842. The number of carbonyl (C=O) groups excluding carboxylic acids is 2. The van der Waals surface area contributed by atoms with Crippen LogP contribution in [-0.2, 0) is 19.1 Å². The summed E-state index contributed by atoms with van der Waals surface area (Å²) in [5.74, 6) is -1.30. The Hall–Kier alpha value is -1.32. The smallest absolute Gasteiger partial charge is 0.333 e. The summed E-state index contributed by atoms with van der Waals surface area (Å²) >= 11 is 0. The van der Waals surface area contributed by atoms with Gasteiger partial charge in [-0.2, -0.15) is 0 Å². The van der Waals surface area contributed by atoms with Crippen molar-refractivity contribution in [2.45, 2.75) is 34.0 Å². The molecule has 0 fully saturated rings. The molecular weight excluding hydrogens is 196 g/mol. The fourth-order valence-corrected chi connectivity index (χ4v) is 0.709. The maximum absolute atomic E-state index is 11.3. The number of rotatable bonds is 5. The van der Waals surface area contributed by atoms with Crippen LogP contribution in [0.3, 0.4) is 0 Å². The maximum Gasteiger partial charge on any atom is 0.333 e. The Kier molecular flexibility index (Phi) is 5.67. The molecule has 0 aromatic rings. The molecular formula is C11H18O4. The van der Waals surface area contributed by atoms with Gasteiger partial charge in [0, 0.05) is 12.0 Å². The van der Waals surface area contributed by atoms with Gasteiger partial charge in [0.25, 0.3) is 0 Å². The van der Waals surface area contributed by atoms with Crippen molar-refractivity contribution >= 4 is 11.9 Å². The van der Waals surface area contributed by atoms with Crippen LogP contribution in [0, 0.1) is 11.8 Å². The predicted octanol–water partition coefficient (Wildman–Crippen LogP) is 1.90. The van der Waals surface area contributed by atoms with E-state index in [0.717, 1.165) is 6.08 Å². The van der Waals surface area contributed by atoms with E-state index in [1.54, 1.807) is 27.7 Å². The Labute approximate surface area is 90.2 Å². The second kappa shape index (κ2) is 6.22. The summed E-state index contributed by atoms with van der Waals surface area (Å²) in [4.78, 5) is 22.2. The minimum absolute atomic E-state index is 0.0865. The van der Waals surface area contributed by atoms with Crippen LogP contribution in [0.15, 0.2) is 12.7 Å². The number of carbonyl (C=O) groups is 2. The lowest BCUT2D eigenvalue weighted by atomic mass is 10.2. The van der Waals surface area contributed by atoms with E-state index in [0.29, 0.717) is 0 Å². The summed E-state index contributed by atoms with van der Waals surface area (Å²) in [6.07, 6.45) is 0.198. The SMILES string of the molecule is C=CC(=O)OC(OC(=O)C(C)C)C(C)C. The van der Waals surface area contributed by atoms with E-state index in [9.17, 15) is 9.59 Å². The molecule has 0 spiro atoms. The molecule has 4 heteroatoms. The first-order valence-corrected chi connectivity index (χ1v) is 4.92. The molecule has 1 atom stereocenters. The van der Waals surface area contributed by atoms with Crippen LogP contribution in [0.2, 0.25) is 0 Å². The molecule has 0 radical (unpaired) electrons. The third-order valence-corrected chi connectivity index (χ3v) is 1.65. The number of hydrogen-bond acceptors (Lipinski definition) is 4. The van der Waals surface area contributed by atoms with Gasteiger partial charge in [0.15, 0.2) is 0 Å². The van der Waals surface area contributed by atoms with Crippen LogP contribution in [0.4, 0.5) is 0 Å². The quantitative estimate of drug-likeness (QED) is 0.398. The highest BCUT2D eigenvalue weighted by molar-refractivity contribution is 5.81. The van der Waals surface area contributed by atoms with E-state index in [1.807, 2.05) is 0 Å². The summed E-state index contributed by atoms with van der Waals surface area (Å²) in [6, 6.07) is 0. The van der Waals surface area contributed by atoms with Crippen molar-refractivity contribution in [3.8, 4) is 0 Å². The molecule has 0 bridgehead atoms. The first kappa shape index (κ1) is 13.7. The Morgan fingerprint density at radius 3 is 2.00 bits per heavy atom. The average molecular weight is 214 g/mol. The monoisotopic (exact) mass is 214 g/mol. The highest BCUT2D eigenvalue weighted by Crippen LogP contribution is 2.11. The van der Waals surface area contributed by atoms with Crippen molar-refractivity contribution in [3.63, 3.8) is 0 Å². The highest BCUT2D eigenvalue weighted by atomic mass is 16.7. The molecule has 15 heavy (non-hydrogen) atoms. The van der Waals surface area contributed by atoms with Crippen molar-refractivity contribution < 1.29 is 19.1 Å². The zero-order valence-corrected chi connectivity index (χ0v) is 9.65. The van der Waals surface area contributed by atoms with Crippen molar-refractivity contribution in [1.29, 1.82) is 0 Å². The maximum atomic E-state index is 11.3. The van der Waals surface area contributed by atoms with E-state index >= 15 is 0 Å². The van der Waals surface area contributed by atoms with Gasteiger partial charge in [0.2, 0.25) is 6.29 Å². The third kappa shape index (κ3) is 5.20. The van der Waals surface area contributed by atoms with Gasteiger partial charge in [-0.25, -0.2) is 4.79 Å². The van der Waals surface area contributed by atoms with Gasteiger partial charge >= 0.3 is 11.9 Å². The Balaban J connectivity index is 4.34. The lowest BCUT2D eigenvalue weighted by Gasteiger charge is -2.21. The van der Waals surface area contributed by atoms with E-state index < -0.39 is 12.3 Å². The van der Waals surface area contributed by atoms with Crippen LogP contribution in [0.25, 0.3) is 0 Å². The zero-order valence-electron chi connectivity index (χ0n) is 9.65. The van der Waals surface area contributed by atoms with E-state index in [2.05, 4.69) is 6.58 Å². The van der Waals surface area contributed by atoms with Crippen molar-refractivity contribution in [2.24, 2.45) is 11.8 Å². The molecule has 0 aliphatic rings.